The minimum absolute atomic E-state index is 0.286. The van der Waals surface area contributed by atoms with Crippen LogP contribution in [0.5, 0.6) is 0 Å². The maximum atomic E-state index is 5.48. The minimum Gasteiger partial charge on any atom is -0.380 e. The molecule has 14 heavy (non-hydrogen) atoms. The lowest BCUT2D eigenvalue weighted by Crippen LogP contribution is -2.45. The molecule has 84 valence electrons. The van der Waals surface area contributed by atoms with Crippen LogP contribution in [0.25, 0.3) is 0 Å². The Labute approximate surface area is 86.7 Å². The van der Waals surface area contributed by atoms with Crippen molar-refractivity contribution >= 4 is 0 Å². The molecule has 1 aliphatic rings. The largest absolute Gasteiger partial charge is 0.380 e. The third kappa shape index (κ3) is 3.56. The Hall–Kier alpha value is -0.120. The van der Waals surface area contributed by atoms with Crippen LogP contribution in [0.3, 0.4) is 0 Å². The van der Waals surface area contributed by atoms with E-state index < -0.39 is 0 Å². The minimum atomic E-state index is 0.286. The summed E-state index contributed by atoms with van der Waals surface area (Å²) in [4.78, 5) is 0. The molecule has 0 aromatic rings. The highest BCUT2D eigenvalue weighted by Gasteiger charge is 2.36. The van der Waals surface area contributed by atoms with E-state index in [0.717, 1.165) is 39.3 Å². The Kier molecular flexibility index (Phi) is 5.45. The van der Waals surface area contributed by atoms with Gasteiger partial charge in [-0.25, -0.2) is 0 Å². The first-order chi connectivity index (χ1) is 6.83. The van der Waals surface area contributed by atoms with Gasteiger partial charge in [-0.2, -0.15) is 0 Å². The van der Waals surface area contributed by atoms with Crippen molar-refractivity contribution in [1.82, 2.24) is 0 Å². The summed E-state index contributed by atoms with van der Waals surface area (Å²) in [7, 11) is 0. The molecule has 0 unspecified atom stereocenters. The molecule has 3 nitrogen and oxygen atoms in total. The second kappa shape index (κ2) is 6.38. The van der Waals surface area contributed by atoms with E-state index in [-0.39, 0.29) is 5.41 Å². The monoisotopic (exact) mass is 202 g/mol. The van der Waals surface area contributed by atoms with Gasteiger partial charge < -0.3 is 14.2 Å². The summed E-state index contributed by atoms with van der Waals surface area (Å²) in [6.45, 7) is 8.05. The third-order valence-electron chi connectivity index (χ3n) is 2.78. The predicted octanol–water partition coefficient (Wildman–Crippen LogP) is 2.20. The smallest absolute Gasteiger partial charge is 0.146 e. The van der Waals surface area contributed by atoms with Crippen LogP contribution in [0.1, 0.15) is 33.1 Å². The van der Waals surface area contributed by atoms with E-state index in [9.17, 15) is 0 Å². The first-order valence-corrected chi connectivity index (χ1v) is 5.56. The van der Waals surface area contributed by atoms with Crippen molar-refractivity contribution in [2.24, 2.45) is 5.41 Å². The van der Waals surface area contributed by atoms with Crippen LogP contribution in [-0.4, -0.2) is 33.2 Å². The molecule has 0 amide bonds. The quantitative estimate of drug-likeness (QED) is 0.446. The molecule has 1 saturated heterocycles. The lowest BCUT2D eigenvalue weighted by molar-refractivity contribution is -0.172. The molecule has 0 spiro atoms. The van der Waals surface area contributed by atoms with Crippen LogP contribution < -0.4 is 0 Å². The molecule has 0 atom stereocenters. The third-order valence-corrected chi connectivity index (χ3v) is 2.78. The lowest BCUT2D eigenvalue weighted by Gasteiger charge is -2.40. The van der Waals surface area contributed by atoms with Crippen molar-refractivity contribution in [3.05, 3.63) is 0 Å². The fraction of sp³-hybridized carbons (Fsp3) is 1.00. The molecule has 1 fully saturated rings. The molecular formula is C11H22O3. The topological polar surface area (TPSA) is 27.7 Å². The van der Waals surface area contributed by atoms with Gasteiger partial charge in [-0.05, 0) is 12.8 Å². The van der Waals surface area contributed by atoms with Crippen molar-refractivity contribution in [2.45, 2.75) is 33.1 Å². The normalized spacial score (nSPS) is 19.3. The summed E-state index contributed by atoms with van der Waals surface area (Å²) < 4.78 is 16.0. The second-order valence-corrected chi connectivity index (χ2v) is 4.07. The summed E-state index contributed by atoms with van der Waals surface area (Å²) in [5, 5.41) is 0. The van der Waals surface area contributed by atoms with E-state index in [1.165, 1.54) is 6.42 Å². The van der Waals surface area contributed by atoms with Gasteiger partial charge in [0.15, 0.2) is 0 Å². The van der Waals surface area contributed by atoms with Crippen LogP contribution in [0.2, 0.25) is 0 Å². The highest BCUT2D eigenvalue weighted by atomic mass is 16.7. The van der Waals surface area contributed by atoms with E-state index in [0.29, 0.717) is 6.79 Å². The van der Waals surface area contributed by atoms with Crippen LogP contribution in [0, 0.1) is 5.41 Å². The van der Waals surface area contributed by atoms with Crippen LogP contribution in [0.15, 0.2) is 0 Å². The zero-order chi connectivity index (χ0) is 10.3. The standard InChI is InChI=1S/C11H22O3/c1-3-5-6-12-10-14-9-11(4-2)7-13-8-11/h3-10H2,1-2H3. The van der Waals surface area contributed by atoms with Crippen LogP contribution >= 0.6 is 0 Å². The van der Waals surface area contributed by atoms with E-state index in [1.807, 2.05) is 0 Å². The van der Waals surface area contributed by atoms with Gasteiger partial charge in [-0.3, -0.25) is 0 Å². The van der Waals surface area contributed by atoms with Crippen LogP contribution in [0.4, 0.5) is 0 Å². The van der Waals surface area contributed by atoms with Crippen molar-refractivity contribution in [1.29, 1.82) is 0 Å². The van der Waals surface area contributed by atoms with E-state index in [4.69, 9.17) is 14.2 Å². The molecule has 0 aliphatic carbocycles. The molecule has 1 aliphatic heterocycles. The fourth-order valence-corrected chi connectivity index (χ4v) is 1.40. The Bertz CT molecular complexity index is 138. The average molecular weight is 202 g/mol. The Morgan fingerprint density at radius 1 is 1.21 bits per heavy atom. The summed E-state index contributed by atoms with van der Waals surface area (Å²) in [6, 6.07) is 0. The first-order valence-electron chi connectivity index (χ1n) is 5.56. The summed E-state index contributed by atoms with van der Waals surface area (Å²) in [5.74, 6) is 0. The van der Waals surface area contributed by atoms with Crippen molar-refractivity contribution in [3.8, 4) is 0 Å². The van der Waals surface area contributed by atoms with E-state index >= 15 is 0 Å². The van der Waals surface area contributed by atoms with Gasteiger partial charge in [-0.15, -0.1) is 0 Å². The van der Waals surface area contributed by atoms with Gasteiger partial charge >= 0.3 is 0 Å². The Balaban J connectivity index is 1.92. The molecule has 0 radical (unpaired) electrons. The van der Waals surface area contributed by atoms with E-state index in [1.54, 1.807) is 0 Å². The number of rotatable bonds is 8. The van der Waals surface area contributed by atoms with E-state index in [2.05, 4.69) is 13.8 Å². The second-order valence-electron chi connectivity index (χ2n) is 4.07. The highest BCUT2D eigenvalue weighted by molar-refractivity contribution is 4.83. The maximum Gasteiger partial charge on any atom is 0.146 e. The molecule has 0 N–H and O–H groups in total. The van der Waals surface area contributed by atoms with Gasteiger partial charge in [0.05, 0.1) is 19.8 Å². The number of hydrogen-bond acceptors (Lipinski definition) is 3. The summed E-state index contributed by atoms with van der Waals surface area (Å²) >= 11 is 0. The highest BCUT2D eigenvalue weighted by Crippen LogP contribution is 2.31. The number of ether oxygens (including phenoxy) is 3. The lowest BCUT2D eigenvalue weighted by atomic mass is 9.84. The zero-order valence-electron chi connectivity index (χ0n) is 9.38. The van der Waals surface area contributed by atoms with Gasteiger partial charge in [0.2, 0.25) is 0 Å². The Morgan fingerprint density at radius 2 is 2.00 bits per heavy atom. The molecule has 0 bridgehead atoms. The maximum absolute atomic E-state index is 5.48. The van der Waals surface area contributed by atoms with Gasteiger partial charge in [0.1, 0.15) is 6.79 Å². The number of unbranched alkanes of at least 4 members (excludes halogenated alkanes) is 1. The summed E-state index contributed by atoms with van der Waals surface area (Å²) in [6.07, 6.45) is 3.42. The summed E-state index contributed by atoms with van der Waals surface area (Å²) in [5.41, 5.74) is 0.286. The predicted molar refractivity (Wildman–Crippen MR) is 55.2 cm³/mol. The Morgan fingerprint density at radius 3 is 2.50 bits per heavy atom. The molecule has 0 aromatic carbocycles. The van der Waals surface area contributed by atoms with Gasteiger partial charge in [0, 0.05) is 12.0 Å². The zero-order valence-corrected chi connectivity index (χ0v) is 9.38. The van der Waals surface area contributed by atoms with Gasteiger partial charge in [0.25, 0.3) is 0 Å². The van der Waals surface area contributed by atoms with Crippen molar-refractivity contribution < 1.29 is 14.2 Å². The molecule has 0 saturated carbocycles. The van der Waals surface area contributed by atoms with Crippen molar-refractivity contribution in [2.75, 3.05) is 33.2 Å². The molecular weight excluding hydrogens is 180 g/mol. The SMILES string of the molecule is CCCCOCOCC1(CC)COC1. The number of hydrogen-bond donors (Lipinski definition) is 0. The molecule has 1 rings (SSSR count). The molecule has 3 heteroatoms. The average Bonchev–Trinajstić information content (AvgIpc) is 2.15. The van der Waals surface area contributed by atoms with Gasteiger partial charge in [-0.1, -0.05) is 20.3 Å². The fourth-order valence-electron chi connectivity index (χ4n) is 1.40. The van der Waals surface area contributed by atoms with Crippen molar-refractivity contribution in [3.63, 3.8) is 0 Å². The molecule has 1 heterocycles. The molecule has 0 aromatic heterocycles. The first kappa shape index (κ1) is 12.0. The van der Waals surface area contributed by atoms with Crippen LogP contribution in [-0.2, 0) is 14.2 Å².